The van der Waals surface area contributed by atoms with E-state index >= 15 is 0 Å². The minimum atomic E-state index is -0.150. The van der Waals surface area contributed by atoms with Crippen LogP contribution in [0, 0.1) is 11.8 Å². The lowest BCUT2D eigenvalue weighted by molar-refractivity contribution is -0.138. The Kier molecular flexibility index (Phi) is 4.08. The number of piperidine rings is 1. The Labute approximate surface area is 125 Å². The predicted octanol–water partition coefficient (Wildman–Crippen LogP) is 2.23. The fourth-order valence-corrected chi connectivity index (χ4v) is 3.89. The second kappa shape index (κ2) is 6.00. The number of hydrogen-bond acceptors (Lipinski definition) is 3. The van der Waals surface area contributed by atoms with Gasteiger partial charge >= 0.3 is 0 Å². The SMILES string of the molecule is CCCn1cc(C2CC(=O)NC(=O)C2C2CCCC2)cn1. The van der Waals surface area contributed by atoms with Gasteiger partial charge in [0.25, 0.3) is 0 Å². The van der Waals surface area contributed by atoms with Gasteiger partial charge in [-0.25, -0.2) is 0 Å². The first-order valence-electron chi connectivity index (χ1n) is 8.05. The third-order valence-corrected chi connectivity index (χ3v) is 4.85. The molecule has 1 saturated carbocycles. The highest BCUT2D eigenvalue weighted by molar-refractivity contribution is 6.00. The van der Waals surface area contributed by atoms with Crippen LogP contribution in [0.15, 0.2) is 12.4 Å². The molecule has 1 aromatic heterocycles. The van der Waals surface area contributed by atoms with Gasteiger partial charge in [0, 0.05) is 31.0 Å². The van der Waals surface area contributed by atoms with Gasteiger partial charge in [0.2, 0.25) is 11.8 Å². The van der Waals surface area contributed by atoms with Crippen LogP contribution in [-0.4, -0.2) is 21.6 Å². The predicted molar refractivity (Wildman–Crippen MR) is 78.5 cm³/mol. The van der Waals surface area contributed by atoms with E-state index in [4.69, 9.17) is 0 Å². The highest BCUT2D eigenvalue weighted by atomic mass is 16.2. The third-order valence-electron chi connectivity index (χ3n) is 4.85. The molecule has 1 N–H and O–H groups in total. The van der Waals surface area contributed by atoms with E-state index in [-0.39, 0.29) is 23.7 Å². The minimum absolute atomic E-state index is 0.0000406. The van der Waals surface area contributed by atoms with E-state index in [1.807, 2.05) is 17.1 Å². The fraction of sp³-hybridized carbons (Fsp3) is 0.688. The molecular weight excluding hydrogens is 266 g/mol. The van der Waals surface area contributed by atoms with E-state index in [2.05, 4.69) is 17.3 Å². The smallest absolute Gasteiger partial charge is 0.230 e. The Bertz CT molecular complexity index is 531. The topological polar surface area (TPSA) is 64.0 Å². The average Bonchev–Trinajstić information content (AvgIpc) is 3.09. The number of carbonyl (C=O) groups is 2. The molecule has 3 rings (SSSR count). The Hall–Kier alpha value is -1.65. The van der Waals surface area contributed by atoms with Gasteiger partial charge in [-0.3, -0.25) is 19.6 Å². The fourth-order valence-electron chi connectivity index (χ4n) is 3.89. The number of amides is 2. The van der Waals surface area contributed by atoms with Crippen molar-refractivity contribution >= 4 is 11.8 Å². The van der Waals surface area contributed by atoms with Crippen LogP contribution in [0.1, 0.15) is 56.9 Å². The van der Waals surface area contributed by atoms with Gasteiger partial charge in [-0.1, -0.05) is 19.8 Å². The molecule has 0 spiro atoms. The summed E-state index contributed by atoms with van der Waals surface area (Å²) in [6.45, 7) is 2.99. The van der Waals surface area contributed by atoms with Crippen LogP contribution in [0.25, 0.3) is 0 Å². The summed E-state index contributed by atoms with van der Waals surface area (Å²) in [5, 5.41) is 6.90. The van der Waals surface area contributed by atoms with E-state index in [0.717, 1.165) is 31.4 Å². The van der Waals surface area contributed by atoms with Gasteiger partial charge in [-0.05, 0) is 30.7 Å². The highest BCUT2D eigenvalue weighted by Crippen LogP contribution is 2.42. The van der Waals surface area contributed by atoms with E-state index in [9.17, 15) is 9.59 Å². The summed E-state index contributed by atoms with van der Waals surface area (Å²) in [4.78, 5) is 24.1. The summed E-state index contributed by atoms with van der Waals surface area (Å²) in [5.41, 5.74) is 1.04. The molecule has 1 aromatic rings. The van der Waals surface area contributed by atoms with Crippen LogP contribution in [0.5, 0.6) is 0 Å². The molecule has 1 aliphatic heterocycles. The third kappa shape index (κ3) is 2.87. The van der Waals surface area contributed by atoms with Crippen molar-refractivity contribution in [3.8, 4) is 0 Å². The maximum Gasteiger partial charge on any atom is 0.230 e. The Balaban J connectivity index is 1.86. The van der Waals surface area contributed by atoms with Crippen LogP contribution in [0.4, 0.5) is 0 Å². The van der Waals surface area contributed by atoms with Gasteiger partial charge in [0.05, 0.1) is 6.20 Å². The molecule has 0 radical (unpaired) electrons. The maximum atomic E-state index is 12.3. The van der Waals surface area contributed by atoms with Gasteiger partial charge in [-0.15, -0.1) is 0 Å². The zero-order valence-electron chi connectivity index (χ0n) is 12.5. The van der Waals surface area contributed by atoms with Crippen LogP contribution in [0.3, 0.4) is 0 Å². The summed E-state index contributed by atoms with van der Waals surface area (Å²) in [7, 11) is 0. The van der Waals surface area contributed by atoms with Gasteiger partial charge in [0.15, 0.2) is 0 Å². The average molecular weight is 289 g/mol. The number of imide groups is 1. The van der Waals surface area contributed by atoms with Crippen molar-refractivity contribution in [3.05, 3.63) is 18.0 Å². The summed E-state index contributed by atoms with van der Waals surface area (Å²) < 4.78 is 1.91. The standard InChI is InChI=1S/C16H23N3O2/c1-2-7-19-10-12(9-17-19)13-8-14(20)18-16(21)15(13)11-5-3-4-6-11/h9-11,13,15H,2-8H2,1H3,(H,18,20,21). The number of aryl methyl sites for hydroxylation is 1. The number of nitrogens with one attached hydrogen (secondary N) is 1. The summed E-state index contributed by atoms with van der Waals surface area (Å²) >= 11 is 0. The molecule has 114 valence electrons. The van der Waals surface area contributed by atoms with Crippen LogP contribution < -0.4 is 5.32 Å². The molecule has 0 bridgehead atoms. The summed E-state index contributed by atoms with van der Waals surface area (Å²) in [6, 6.07) is 0. The molecule has 1 aliphatic carbocycles. The Morgan fingerprint density at radius 3 is 2.81 bits per heavy atom. The molecule has 1 saturated heterocycles. The van der Waals surface area contributed by atoms with Gasteiger partial charge < -0.3 is 0 Å². The van der Waals surface area contributed by atoms with E-state index in [1.165, 1.54) is 12.8 Å². The second-order valence-electron chi connectivity index (χ2n) is 6.33. The zero-order chi connectivity index (χ0) is 14.8. The molecule has 5 heteroatoms. The van der Waals surface area contributed by atoms with Crippen molar-refractivity contribution in [2.45, 2.75) is 57.9 Å². The van der Waals surface area contributed by atoms with Crippen LogP contribution in [0.2, 0.25) is 0 Å². The number of carbonyl (C=O) groups excluding carboxylic acids is 2. The van der Waals surface area contributed by atoms with Crippen LogP contribution >= 0.6 is 0 Å². The number of nitrogens with zero attached hydrogens (tertiary/aromatic N) is 2. The zero-order valence-corrected chi connectivity index (χ0v) is 12.5. The lowest BCUT2D eigenvalue weighted by atomic mass is 9.73. The minimum Gasteiger partial charge on any atom is -0.296 e. The molecule has 5 nitrogen and oxygen atoms in total. The van der Waals surface area contributed by atoms with Crippen molar-refractivity contribution in [2.75, 3.05) is 0 Å². The number of hydrogen-bond donors (Lipinski definition) is 1. The van der Waals surface area contributed by atoms with E-state index in [1.54, 1.807) is 0 Å². The lowest BCUT2D eigenvalue weighted by Crippen LogP contribution is -2.47. The molecule has 2 atom stereocenters. The first-order chi connectivity index (χ1) is 10.2. The maximum absolute atomic E-state index is 12.3. The summed E-state index contributed by atoms with van der Waals surface area (Å²) in [6.07, 6.45) is 9.89. The molecule has 2 unspecified atom stereocenters. The largest absolute Gasteiger partial charge is 0.296 e. The number of aromatic nitrogens is 2. The van der Waals surface area contributed by atoms with Crippen molar-refractivity contribution < 1.29 is 9.59 Å². The quantitative estimate of drug-likeness (QED) is 0.864. The second-order valence-corrected chi connectivity index (χ2v) is 6.33. The number of rotatable bonds is 4. The first-order valence-corrected chi connectivity index (χ1v) is 8.05. The monoisotopic (exact) mass is 289 g/mol. The molecule has 2 heterocycles. The van der Waals surface area contributed by atoms with E-state index in [0.29, 0.717) is 12.3 Å². The van der Waals surface area contributed by atoms with Crippen molar-refractivity contribution in [1.29, 1.82) is 0 Å². The molecule has 2 aliphatic rings. The molecule has 21 heavy (non-hydrogen) atoms. The highest BCUT2D eigenvalue weighted by Gasteiger charge is 2.42. The Morgan fingerprint density at radius 2 is 2.10 bits per heavy atom. The Morgan fingerprint density at radius 1 is 1.33 bits per heavy atom. The molecule has 2 amide bonds. The van der Waals surface area contributed by atoms with Gasteiger partial charge in [-0.2, -0.15) is 5.10 Å². The normalized spacial score (nSPS) is 27.1. The first kappa shape index (κ1) is 14.3. The summed E-state index contributed by atoms with van der Waals surface area (Å²) in [5.74, 6) is 0.121. The molecule has 0 aromatic carbocycles. The van der Waals surface area contributed by atoms with Crippen LogP contribution in [-0.2, 0) is 16.1 Å². The van der Waals surface area contributed by atoms with E-state index < -0.39 is 0 Å². The van der Waals surface area contributed by atoms with Crippen molar-refractivity contribution in [1.82, 2.24) is 15.1 Å². The van der Waals surface area contributed by atoms with Gasteiger partial charge in [0.1, 0.15) is 0 Å². The lowest BCUT2D eigenvalue weighted by Gasteiger charge is -2.33. The molecule has 2 fully saturated rings. The molecular formula is C16H23N3O2. The van der Waals surface area contributed by atoms with Crippen molar-refractivity contribution in [2.24, 2.45) is 11.8 Å². The van der Waals surface area contributed by atoms with Crippen molar-refractivity contribution in [3.63, 3.8) is 0 Å².